The first-order chi connectivity index (χ1) is 11.9. The number of carbonyl (C=O) groups excluding carboxylic acids is 1. The third-order valence-corrected chi connectivity index (χ3v) is 4.42. The van der Waals surface area contributed by atoms with Crippen LogP contribution in [0.4, 0.5) is 0 Å². The van der Waals surface area contributed by atoms with Crippen molar-refractivity contribution in [3.63, 3.8) is 0 Å². The molecule has 0 unspecified atom stereocenters. The lowest BCUT2D eigenvalue weighted by Crippen LogP contribution is -2.27. The highest BCUT2D eigenvalue weighted by Gasteiger charge is 2.12. The zero-order chi connectivity index (χ0) is 18.4. The molecule has 0 spiro atoms. The van der Waals surface area contributed by atoms with Crippen molar-refractivity contribution in [2.45, 2.75) is 38.4 Å². The minimum absolute atomic E-state index is 0.195. The van der Waals surface area contributed by atoms with Gasteiger partial charge >= 0.3 is 0 Å². The Morgan fingerprint density at radius 1 is 1.36 bits per heavy atom. The Kier molecular flexibility index (Phi) is 6.81. The second-order valence-corrected chi connectivity index (χ2v) is 7.10. The highest BCUT2D eigenvalue weighted by Crippen LogP contribution is 2.16. The molecular formula is C17H25N5O2S. The molecule has 0 saturated heterocycles. The summed E-state index contributed by atoms with van der Waals surface area (Å²) in [4.78, 5) is 23.7. The largest absolute Gasteiger partial charge is 0.352 e. The normalized spacial score (nSPS) is 11.1. The predicted octanol–water partition coefficient (Wildman–Crippen LogP) is 1.72. The second kappa shape index (κ2) is 8.84. The van der Waals surface area contributed by atoms with Gasteiger partial charge in [-0.15, -0.1) is 10.2 Å². The van der Waals surface area contributed by atoms with Crippen molar-refractivity contribution in [1.29, 1.82) is 0 Å². The molecule has 2 rings (SSSR count). The van der Waals surface area contributed by atoms with Gasteiger partial charge in [0.05, 0.1) is 0 Å². The van der Waals surface area contributed by atoms with E-state index in [-0.39, 0.29) is 11.5 Å². The Bertz CT molecular complexity index is 782. The molecule has 0 aliphatic heterocycles. The van der Waals surface area contributed by atoms with Gasteiger partial charge in [0.25, 0.3) is 11.5 Å². The molecule has 0 atom stereocenters. The minimum atomic E-state index is -0.230. The molecule has 0 aromatic carbocycles. The van der Waals surface area contributed by atoms with Gasteiger partial charge < -0.3 is 14.5 Å². The average Bonchev–Trinajstić information content (AvgIpc) is 2.95. The first-order valence-electron chi connectivity index (χ1n) is 8.33. The van der Waals surface area contributed by atoms with Gasteiger partial charge in [-0.3, -0.25) is 9.59 Å². The van der Waals surface area contributed by atoms with E-state index in [1.165, 1.54) is 10.6 Å². The molecule has 0 saturated carbocycles. The highest BCUT2D eigenvalue weighted by atomic mass is 32.2. The van der Waals surface area contributed by atoms with Crippen molar-refractivity contribution in [2.75, 3.05) is 12.8 Å². The number of thioether (sulfide) groups is 1. The standard InChI is InChI=1S/C17H25N5O2S/c1-12(2)11-22-14(19-20-17(22)25-4)6-5-8-18-16(24)13-7-9-21(3)15(23)10-13/h7,9-10,12H,5-6,8,11H2,1-4H3,(H,18,24). The van der Waals surface area contributed by atoms with Crippen LogP contribution in [-0.2, 0) is 20.0 Å². The number of hydrogen-bond donors (Lipinski definition) is 1. The zero-order valence-corrected chi connectivity index (χ0v) is 16.0. The Morgan fingerprint density at radius 2 is 2.12 bits per heavy atom. The van der Waals surface area contributed by atoms with Crippen LogP contribution in [0.25, 0.3) is 0 Å². The quantitative estimate of drug-likeness (QED) is 0.570. The molecule has 1 N–H and O–H groups in total. The van der Waals surface area contributed by atoms with Crippen LogP contribution >= 0.6 is 11.8 Å². The van der Waals surface area contributed by atoms with Crippen molar-refractivity contribution in [3.8, 4) is 0 Å². The van der Waals surface area contributed by atoms with Crippen molar-refractivity contribution in [1.82, 2.24) is 24.6 Å². The summed E-state index contributed by atoms with van der Waals surface area (Å²) < 4.78 is 3.58. The molecule has 7 nitrogen and oxygen atoms in total. The van der Waals surface area contributed by atoms with Crippen LogP contribution in [0.3, 0.4) is 0 Å². The summed E-state index contributed by atoms with van der Waals surface area (Å²) in [6, 6.07) is 2.99. The van der Waals surface area contributed by atoms with Gasteiger partial charge in [0.15, 0.2) is 5.16 Å². The molecule has 0 aliphatic carbocycles. The smallest absolute Gasteiger partial charge is 0.251 e. The Morgan fingerprint density at radius 3 is 2.76 bits per heavy atom. The van der Waals surface area contributed by atoms with Crippen LogP contribution < -0.4 is 10.9 Å². The van der Waals surface area contributed by atoms with E-state index < -0.39 is 0 Å². The molecule has 25 heavy (non-hydrogen) atoms. The maximum atomic E-state index is 12.1. The lowest BCUT2D eigenvalue weighted by atomic mass is 10.2. The van der Waals surface area contributed by atoms with Gasteiger partial charge in [0, 0.05) is 44.4 Å². The van der Waals surface area contributed by atoms with Gasteiger partial charge in [-0.1, -0.05) is 25.6 Å². The number of nitrogens with zero attached hydrogens (tertiary/aromatic N) is 4. The third kappa shape index (κ3) is 5.19. The lowest BCUT2D eigenvalue weighted by molar-refractivity contribution is 0.0953. The molecule has 136 valence electrons. The van der Waals surface area contributed by atoms with E-state index in [1.54, 1.807) is 31.1 Å². The van der Waals surface area contributed by atoms with Crippen LogP contribution in [0.5, 0.6) is 0 Å². The maximum Gasteiger partial charge on any atom is 0.251 e. The number of aromatic nitrogens is 4. The van der Waals surface area contributed by atoms with E-state index in [1.807, 2.05) is 6.26 Å². The number of amides is 1. The molecule has 2 heterocycles. The fourth-order valence-corrected chi connectivity index (χ4v) is 2.97. The second-order valence-electron chi connectivity index (χ2n) is 6.33. The average molecular weight is 363 g/mol. The predicted molar refractivity (Wildman–Crippen MR) is 99.0 cm³/mol. The Balaban J connectivity index is 1.88. The van der Waals surface area contributed by atoms with E-state index in [0.717, 1.165) is 30.4 Å². The number of rotatable bonds is 8. The number of aryl methyl sites for hydroxylation is 2. The first kappa shape index (κ1) is 19.2. The van der Waals surface area contributed by atoms with E-state index >= 15 is 0 Å². The molecule has 1 amide bonds. The van der Waals surface area contributed by atoms with Crippen molar-refractivity contribution in [2.24, 2.45) is 13.0 Å². The molecule has 0 radical (unpaired) electrons. The topological polar surface area (TPSA) is 81.8 Å². The maximum absolute atomic E-state index is 12.1. The van der Waals surface area contributed by atoms with Crippen LogP contribution in [0.2, 0.25) is 0 Å². The molecule has 2 aromatic rings. The number of carbonyl (C=O) groups is 1. The van der Waals surface area contributed by atoms with Crippen LogP contribution in [-0.4, -0.2) is 38.0 Å². The zero-order valence-electron chi connectivity index (χ0n) is 15.2. The van der Waals surface area contributed by atoms with Gasteiger partial charge in [0.2, 0.25) is 0 Å². The lowest BCUT2D eigenvalue weighted by Gasteiger charge is -2.11. The third-order valence-electron chi connectivity index (χ3n) is 3.75. The Labute approximate surface area is 151 Å². The van der Waals surface area contributed by atoms with E-state index in [4.69, 9.17) is 0 Å². The number of nitrogens with one attached hydrogen (secondary N) is 1. The minimum Gasteiger partial charge on any atom is -0.352 e. The fraction of sp³-hybridized carbons (Fsp3) is 0.529. The van der Waals surface area contributed by atoms with Crippen LogP contribution in [0.15, 0.2) is 28.3 Å². The number of pyridine rings is 1. The summed E-state index contributed by atoms with van der Waals surface area (Å²) in [5.41, 5.74) is 0.190. The van der Waals surface area contributed by atoms with Crippen LogP contribution in [0, 0.1) is 5.92 Å². The summed E-state index contributed by atoms with van der Waals surface area (Å²) >= 11 is 1.59. The monoisotopic (exact) mass is 363 g/mol. The Hall–Kier alpha value is -2.09. The molecular weight excluding hydrogens is 338 g/mol. The van der Waals surface area contributed by atoms with E-state index in [2.05, 4.69) is 33.9 Å². The van der Waals surface area contributed by atoms with Crippen molar-refractivity contribution < 1.29 is 4.79 Å². The van der Waals surface area contributed by atoms with E-state index in [9.17, 15) is 9.59 Å². The molecule has 0 bridgehead atoms. The van der Waals surface area contributed by atoms with Gasteiger partial charge in [-0.25, -0.2) is 0 Å². The van der Waals surface area contributed by atoms with Crippen molar-refractivity contribution in [3.05, 3.63) is 40.1 Å². The van der Waals surface area contributed by atoms with E-state index in [0.29, 0.717) is 18.0 Å². The fourth-order valence-electron chi connectivity index (χ4n) is 2.44. The molecule has 8 heteroatoms. The summed E-state index contributed by atoms with van der Waals surface area (Å²) in [6.45, 7) is 5.74. The summed E-state index contributed by atoms with van der Waals surface area (Å²) in [7, 11) is 1.65. The van der Waals surface area contributed by atoms with Gasteiger partial charge in [-0.2, -0.15) is 0 Å². The molecule has 2 aromatic heterocycles. The SMILES string of the molecule is CSc1nnc(CCCNC(=O)c2ccn(C)c(=O)c2)n1CC(C)C. The molecule has 0 aliphatic rings. The van der Waals surface area contributed by atoms with Gasteiger partial charge in [-0.05, 0) is 24.7 Å². The first-order valence-corrected chi connectivity index (χ1v) is 9.55. The highest BCUT2D eigenvalue weighted by molar-refractivity contribution is 7.98. The van der Waals surface area contributed by atoms with Crippen molar-refractivity contribution >= 4 is 17.7 Å². The molecule has 0 fully saturated rings. The number of hydrogen-bond acceptors (Lipinski definition) is 5. The summed E-state index contributed by atoms with van der Waals surface area (Å²) in [5, 5.41) is 12.3. The summed E-state index contributed by atoms with van der Waals surface area (Å²) in [5.74, 6) is 1.23. The van der Waals surface area contributed by atoms with Crippen LogP contribution in [0.1, 0.15) is 36.5 Å². The van der Waals surface area contributed by atoms with Gasteiger partial charge in [0.1, 0.15) is 5.82 Å². The summed E-state index contributed by atoms with van der Waals surface area (Å²) in [6.07, 6.45) is 5.10.